The van der Waals surface area contributed by atoms with Crippen molar-refractivity contribution in [3.05, 3.63) is 71.6 Å². The molecule has 5 rings (SSSR count). The maximum Gasteiger partial charge on any atom is 0.278 e. The fourth-order valence-electron chi connectivity index (χ4n) is 3.75. The molecule has 0 radical (unpaired) electrons. The summed E-state index contributed by atoms with van der Waals surface area (Å²) in [6.45, 7) is 3.99. The number of carbonyl (C=O) groups excluding carboxylic acids is 1. The van der Waals surface area contributed by atoms with E-state index in [0.717, 1.165) is 27.3 Å². The third-order valence-electron chi connectivity index (χ3n) is 5.19. The van der Waals surface area contributed by atoms with Crippen molar-refractivity contribution in [3.8, 4) is 0 Å². The summed E-state index contributed by atoms with van der Waals surface area (Å²) in [5.41, 5.74) is 5.92. The van der Waals surface area contributed by atoms with Crippen LogP contribution < -0.4 is 15.6 Å². The fourth-order valence-corrected chi connectivity index (χ4v) is 4.48. The molecule has 7 nitrogen and oxygen atoms in total. The fraction of sp³-hybridized carbons (Fsp3) is 0.190. The van der Waals surface area contributed by atoms with E-state index < -0.39 is 0 Å². The molecule has 1 aliphatic heterocycles. The van der Waals surface area contributed by atoms with Gasteiger partial charge in [0.05, 0.1) is 11.4 Å². The number of thiophene rings is 1. The molecule has 2 atom stereocenters. The summed E-state index contributed by atoms with van der Waals surface area (Å²) >= 11 is 1.58. The average molecular weight is 404 g/mol. The van der Waals surface area contributed by atoms with E-state index in [1.54, 1.807) is 17.7 Å². The van der Waals surface area contributed by atoms with Gasteiger partial charge < -0.3 is 10.7 Å². The number of fused-ring (bicyclic) bond motifs is 2. The monoisotopic (exact) mass is 404 g/mol. The van der Waals surface area contributed by atoms with Gasteiger partial charge in [0.2, 0.25) is 0 Å². The molecule has 4 heterocycles. The Morgan fingerprint density at radius 2 is 2.00 bits per heavy atom. The molecule has 146 valence electrons. The van der Waals surface area contributed by atoms with E-state index in [9.17, 15) is 4.79 Å². The number of aromatic nitrogens is 3. The van der Waals surface area contributed by atoms with Gasteiger partial charge in [-0.05, 0) is 49.1 Å². The van der Waals surface area contributed by atoms with E-state index in [0.29, 0.717) is 5.69 Å². The van der Waals surface area contributed by atoms with E-state index in [1.165, 1.54) is 0 Å². The minimum absolute atomic E-state index is 0.0283. The molecule has 2 N–H and O–H groups in total. The quantitative estimate of drug-likeness (QED) is 0.541. The lowest BCUT2D eigenvalue weighted by molar-refractivity contribution is 0.0954. The average Bonchev–Trinajstić information content (AvgIpc) is 3.36. The van der Waals surface area contributed by atoms with Crippen LogP contribution in [0.5, 0.6) is 0 Å². The normalized spacial score (nSPS) is 17.1. The number of anilines is 2. The lowest BCUT2D eigenvalue weighted by Gasteiger charge is -2.41. The van der Waals surface area contributed by atoms with Crippen molar-refractivity contribution in [3.63, 3.8) is 0 Å². The smallest absolute Gasteiger partial charge is 0.278 e. The second-order valence-electron chi connectivity index (χ2n) is 7.10. The number of para-hydroxylation sites is 1. The molecule has 0 saturated heterocycles. The number of hydrogen-bond acceptors (Lipinski definition) is 6. The van der Waals surface area contributed by atoms with Crippen molar-refractivity contribution in [1.82, 2.24) is 14.6 Å². The van der Waals surface area contributed by atoms with Gasteiger partial charge in [0, 0.05) is 11.9 Å². The van der Waals surface area contributed by atoms with Crippen LogP contribution in [0.1, 0.15) is 23.0 Å². The van der Waals surface area contributed by atoms with Crippen LogP contribution >= 0.6 is 11.3 Å². The molecule has 0 bridgehead atoms. The van der Waals surface area contributed by atoms with Crippen LogP contribution in [0, 0.1) is 6.92 Å². The van der Waals surface area contributed by atoms with Gasteiger partial charge in [0.1, 0.15) is 28.8 Å². The largest absolute Gasteiger partial charge is 0.363 e. The van der Waals surface area contributed by atoms with E-state index in [-0.39, 0.29) is 18.1 Å². The highest BCUT2D eigenvalue weighted by Crippen LogP contribution is 2.29. The molecule has 1 aliphatic rings. The number of nitrogens with one attached hydrogen (secondary N) is 2. The first-order valence-electron chi connectivity index (χ1n) is 9.41. The van der Waals surface area contributed by atoms with Crippen molar-refractivity contribution in [2.24, 2.45) is 0 Å². The molecule has 3 aromatic heterocycles. The highest BCUT2D eigenvalue weighted by atomic mass is 32.1. The van der Waals surface area contributed by atoms with Crippen molar-refractivity contribution >= 4 is 39.0 Å². The summed E-state index contributed by atoms with van der Waals surface area (Å²) in [4.78, 5) is 24.9. The van der Waals surface area contributed by atoms with Crippen LogP contribution in [0.2, 0.25) is 0 Å². The summed E-state index contributed by atoms with van der Waals surface area (Å²) in [7, 11) is 0. The lowest BCUT2D eigenvalue weighted by Crippen LogP contribution is -2.59. The first kappa shape index (κ1) is 17.7. The summed E-state index contributed by atoms with van der Waals surface area (Å²) in [5.74, 6) is 0.736. The zero-order chi connectivity index (χ0) is 20.0. The maximum atomic E-state index is 13.5. The number of amides is 1. The van der Waals surface area contributed by atoms with E-state index in [1.807, 2.05) is 77.5 Å². The molecule has 29 heavy (non-hydrogen) atoms. The first-order valence-corrected chi connectivity index (χ1v) is 10.3. The minimum Gasteiger partial charge on any atom is -0.363 e. The molecular weight excluding hydrogens is 384 g/mol. The van der Waals surface area contributed by atoms with Crippen molar-refractivity contribution in [2.75, 3.05) is 15.6 Å². The van der Waals surface area contributed by atoms with E-state index in [4.69, 9.17) is 0 Å². The first-order chi connectivity index (χ1) is 14.1. The topological polar surface area (TPSA) is 75.1 Å². The molecule has 0 saturated carbocycles. The number of benzene rings is 1. The summed E-state index contributed by atoms with van der Waals surface area (Å²) in [5, 5.41) is 6.47. The molecule has 4 aromatic rings. The van der Waals surface area contributed by atoms with E-state index >= 15 is 0 Å². The van der Waals surface area contributed by atoms with Crippen LogP contribution in [-0.4, -0.2) is 32.8 Å². The predicted molar refractivity (Wildman–Crippen MR) is 116 cm³/mol. The lowest BCUT2D eigenvalue weighted by atomic mass is 10.1. The standard InChI is InChI=1S/C21H20N6OS/c1-13-8-10-26-17(13)21(28)27(15-6-4-3-5-7-15)19(25-26)14(2)24-18-16-9-11-29-20(16)23-12-22-18/h3-12,14,19,25H,1-2H3,(H,22,23,24)/t14-,19?/m0/s1. The maximum absolute atomic E-state index is 13.5. The van der Waals surface area contributed by atoms with Gasteiger partial charge in [-0.1, -0.05) is 18.2 Å². The Labute approximate surface area is 172 Å². The van der Waals surface area contributed by atoms with Gasteiger partial charge in [-0.15, -0.1) is 11.3 Å². The van der Waals surface area contributed by atoms with Gasteiger partial charge in [-0.2, -0.15) is 0 Å². The molecule has 0 spiro atoms. The molecule has 1 unspecified atom stereocenters. The van der Waals surface area contributed by atoms with Crippen LogP contribution in [0.3, 0.4) is 0 Å². The predicted octanol–water partition coefficient (Wildman–Crippen LogP) is 3.83. The highest BCUT2D eigenvalue weighted by Gasteiger charge is 2.37. The van der Waals surface area contributed by atoms with Gasteiger partial charge in [0.25, 0.3) is 5.91 Å². The third-order valence-corrected chi connectivity index (χ3v) is 6.01. The number of hydrogen-bond donors (Lipinski definition) is 2. The Morgan fingerprint density at radius 3 is 2.83 bits per heavy atom. The van der Waals surface area contributed by atoms with Crippen LogP contribution in [-0.2, 0) is 0 Å². The molecular formula is C21H20N6OS. The molecule has 1 aromatic carbocycles. The molecule has 8 heteroatoms. The second kappa shape index (κ2) is 6.89. The Morgan fingerprint density at radius 1 is 1.17 bits per heavy atom. The van der Waals surface area contributed by atoms with Crippen molar-refractivity contribution in [2.45, 2.75) is 26.1 Å². The number of nitrogens with zero attached hydrogens (tertiary/aromatic N) is 4. The zero-order valence-corrected chi connectivity index (χ0v) is 16.9. The molecule has 1 amide bonds. The number of aryl methyl sites for hydroxylation is 1. The zero-order valence-electron chi connectivity index (χ0n) is 16.0. The molecule has 0 fully saturated rings. The SMILES string of the molecule is Cc1ccn2c1C(=O)N(c1ccccc1)C([C@H](C)Nc1ncnc3sccc13)N2. The minimum atomic E-state index is -0.312. The van der Waals surface area contributed by atoms with Gasteiger partial charge in [-0.3, -0.25) is 14.4 Å². The summed E-state index contributed by atoms with van der Waals surface area (Å²) in [6.07, 6.45) is 3.15. The van der Waals surface area contributed by atoms with Gasteiger partial charge in [-0.25, -0.2) is 9.97 Å². The van der Waals surface area contributed by atoms with Gasteiger partial charge >= 0.3 is 0 Å². The Balaban J connectivity index is 1.54. The third kappa shape index (κ3) is 2.92. The van der Waals surface area contributed by atoms with Crippen LogP contribution in [0.15, 0.2) is 60.4 Å². The van der Waals surface area contributed by atoms with Crippen molar-refractivity contribution in [1.29, 1.82) is 0 Å². The second-order valence-corrected chi connectivity index (χ2v) is 7.99. The summed E-state index contributed by atoms with van der Waals surface area (Å²) < 4.78 is 1.82. The van der Waals surface area contributed by atoms with Crippen LogP contribution in [0.25, 0.3) is 10.2 Å². The van der Waals surface area contributed by atoms with E-state index in [2.05, 4.69) is 20.7 Å². The number of rotatable bonds is 4. The number of carbonyl (C=O) groups is 1. The Hall–Kier alpha value is -3.39. The summed E-state index contributed by atoms with van der Waals surface area (Å²) in [6, 6.07) is 13.6. The Bertz CT molecular complexity index is 1180. The van der Waals surface area contributed by atoms with Crippen molar-refractivity contribution < 1.29 is 4.79 Å². The van der Waals surface area contributed by atoms with Gasteiger partial charge in [0.15, 0.2) is 0 Å². The highest BCUT2D eigenvalue weighted by molar-refractivity contribution is 7.16. The molecule has 0 aliphatic carbocycles. The van der Waals surface area contributed by atoms with Crippen LogP contribution in [0.4, 0.5) is 11.5 Å². The Kier molecular flexibility index (Phi) is 4.21.